The molecule has 2 aliphatic rings. The molecule has 1 saturated heterocycles. The Kier molecular flexibility index (Phi) is 6.02. The number of nitrogens with zero attached hydrogens (tertiary/aromatic N) is 1. The minimum atomic E-state index is -3.69. The third kappa shape index (κ3) is 4.52. The first kappa shape index (κ1) is 22.4. The average Bonchev–Trinajstić information content (AvgIpc) is 2.72. The molecule has 0 radical (unpaired) electrons. The molecule has 0 aromatic heterocycles. The molecule has 0 bridgehead atoms. The molecular formula is C22H24FN3O5S. The Morgan fingerprint density at radius 2 is 1.78 bits per heavy atom. The van der Waals surface area contributed by atoms with Crippen molar-refractivity contribution in [1.82, 2.24) is 4.31 Å². The monoisotopic (exact) mass is 461 g/mol. The third-order valence-electron chi connectivity index (χ3n) is 5.52. The number of carbonyl (C=O) groups excluding carboxylic acids is 2. The number of rotatable bonds is 4. The first-order chi connectivity index (χ1) is 15.1. The van der Waals surface area contributed by atoms with Crippen LogP contribution in [0.1, 0.15) is 31.7 Å². The summed E-state index contributed by atoms with van der Waals surface area (Å²) in [7, 11) is -3.69. The van der Waals surface area contributed by atoms with Gasteiger partial charge in [-0.15, -0.1) is 0 Å². The van der Waals surface area contributed by atoms with Crippen LogP contribution in [-0.2, 0) is 24.3 Å². The standard InChI is InChI=1S/C22H24FN3O5S/c1-13-11-26(12-14(2)31-13)32(29,30)17-6-4-16(5-7-17)24-22(28)19-10-21(27)25-20-9-15(23)3-8-18(19)20/h3-9,13-14,19H,10-12H2,1-2H3,(H,24,28)(H,25,27)/t13-,14-,19-/m1/s1. The van der Waals surface area contributed by atoms with Gasteiger partial charge in [0.15, 0.2) is 0 Å². The minimum Gasteiger partial charge on any atom is -0.373 e. The van der Waals surface area contributed by atoms with Gasteiger partial charge < -0.3 is 15.4 Å². The molecule has 4 rings (SSSR count). The molecule has 2 aliphatic heterocycles. The van der Waals surface area contributed by atoms with E-state index in [9.17, 15) is 22.4 Å². The van der Waals surface area contributed by atoms with Crippen LogP contribution in [0.15, 0.2) is 47.4 Å². The van der Waals surface area contributed by atoms with Gasteiger partial charge in [-0.3, -0.25) is 9.59 Å². The second-order valence-corrected chi connectivity index (χ2v) is 10.1. The van der Waals surface area contributed by atoms with Gasteiger partial charge in [0.25, 0.3) is 0 Å². The average molecular weight is 462 g/mol. The molecule has 1 fully saturated rings. The fourth-order valence-corrected chi connectivity index (χ4v) is 5.68. The zero-order chi connectivity index (χ0) is 23.0. The molecule has 2 amide bonds. The number of ether oxygens (including phenoxy) is 1. The Balaban J connectivity index is 1.50. The molecule has 3 atom stereocenters. The lowest BCUT2D eigenvalue weighted by molar-refractivity contribution is -0.123. The summed E-state index contributed by atoms with van der Waals surface area (Å²) in [5, 5.41) is 5.29. The Morgan fingerprint density at radius 1 is 1.12 bits per heavy atom. The molecule has 8 nitrogen and oxygen atoms in total. The molecule has 0 spiro atoms. The predicted octanol–water partition coefficient (Wildman–Crippen LogP) is 2.69. The van der Waals surface area contributed by atoms with E-state index >= 15 is 0 Å². The summed E-state index contributed by atoms with van der Waals surface area (Å²) in [6.07, 6.45) is -0.461. The summed E-state index contributed by atoms with van der Waals surface area (Å²) >= 11 is 0. The third-order valence-corrected chi connectivity index (χ3v) is 7.36. The van der Waals surface area contributed by atoms with Gasteiger partial charge in [-0.05, 0) is 55.8 Å². The van der Waals surface area contributed by atoms with E-state index in [0.29, 0.717) is 11.3 Å². The van der Waals surface area contributed by atoms with Crippen molar-refractivity contribution in [1.29, 1.82) is 0 Å². The van der Waals surface area contributed by atoms with Crippen molar-refractivity contribution in [3.63, 3.8) is 0 Å². The first-order valence-corrected chi connectivity index (χ1v) is 11.7. The zero-order valence-electron chi connectivity index (χ0n) is 17.7. The van der Waals surface area contributed by atoms with E-state index < -0.39 is 27.7 Å². The second-order valence-electron chi connectivity index (χ2n) is 8.13. The fraction of sp³-hybridized carbons (Fsp3) is 0.364. The highest BCUT2D eigenvalue weighted by molar-refractivity contribution is 7.89. The highest BCUT2D eigenvalue weighted by Gasteiger charge is 2.33. The summed E-state index contributed by atoms with van der Waals surface area (Å²) in [5.41, 5.74) is 1.20. The van der Waals surface area contributed by atoms with E-state index in [4.69, 9.17) is 4.74 Å². The molecule has 2 aromatic carbocycles. The van der Waals surface area contributed by atoms with Crippen LogP contribution in [0.5, 0.6) is 0 Å². The van der Waals surface area contributed by atoms with Crippen LogP contribution < -0.4 is 10.6 Å². The molecule has 2 aromatic rings. The van der Waals surface area contributed by atoms with Gasteiger partial charge in [0.2, 0.25) is 21.8 Å². The molecule has 10 heteroatoms. The summed E-state index contributed by atoms with van der Waals surface area (Å²) < 4.78 is 46.4. The van der Waals surface area contributed by atoms with Crippen LogP contribution in [0, 0.1) is 5.82 Å². The molecule has 170 valence electrons. The molecular weight excluding hydrogens is 437 g/mol. The number of hydrogen-bond acceptors (Lipinski definition) is 5. The largest absolute Gasteiger partial charge is 0.373 e. The highest BCUT2D eigenvalue weighted by atomic mass is 32.2. The Labute approximate surface area is 185 Å². The highest BCUT2D eigenvalue weighted by Crippen LogP contribution is 2.33. The number of amides is 2. The lowest BCUT2D eigenvalue weighted by Crippen LogP contribution is -2.48. The van der Waals surface area contributed by atoms with E-state index in [1.165, 1.54) is 46.8 Å². The summed E-state index contributed by atoms with van der Waals surface area (Å²) in [5.74, 6) is -2.09. The van der Waals surface area contributed by atoms with Crippen molar-refractivity contribution in [2.45, 2.75) is 43.3 Å². The van der Waals surface area contributed by atoms with Crippen molar-refractivity contribution < 1.29 is 27.1 Å². The Bertz CT molecular complexity index is 1140. The quantitative estimate of drug-likeness (QED) is 0.729. The number of hydrogen-bond donors (Lipinski definition) is 2. The molecule has 0 unspecified atom stereocenters. The van der Waals surface area contributed by atoms with Gasteiger partial charge in [-0.1, -0.05) is 6.07 Å². The summed E-state index contributed by atoms with van der Waals surface area (Å²) in [6, 6.07) is 9.79. The van der Waals surface area contributed by atoms with Crippen LogP contribution in [0.25, 0.3) is 0 Å². The van der Waals surface area contributed by atoms with Crippen molar-refractivity contribution in [3.05, 3.63) is 53.8 Å². The smallest absolute Gasteiger partial charge is 0.243 e. The SMILES string of the molecule is C[C@@H]1CN(S(=O)(=O)c2ccc(NC(=O)[C@@H]3CC(=O)Nc4cc(F)ccc43)cc2)C[C@@H](C)O1. The van der Waals surface area contributed by atoms with Gasteiger partial charge in [-0.2, -0.15) is 4.31 Å². The van der Waals surface area contributed by atoms with Gasteiger partial charge in [0.05, 0.1) is 23.0 Å². The number of fused-ring (bicyclic) bond motifs is 1. The lowest BCUT2D eigenvalue weighted by atomic mass is 9.89. The summed E-state index contributed by atoms with van der Waals surface area (Å²) in [4.78, 5) is 24.9. The van der Waals surface area contributed by atoms with Crippen LogP contribution in [0.3, 0.4) is 0 Å². The lowest BCUT2D eigenvalue weighted by Gasteiger charge is -2.34. The van der Waals surface area contributed by atoms with E-state index in [1.807, 2.05) is 13.8 Å². The molecule has 32 heavy (non-hydrogen) atoms. The molecule has 2 N–H and O–H groups in total. The van der Waals surface area contributed by atoms with Gasteiger partial charge in [0.1, 0.15) is 5.82 Å². The maximum absolute atomic E-state index is 13.5. The van der Waals surface area contributed by atoms with Crippen molar-refractivity contribution in [2.24, 2.45) is 0 Å². The summed E-state index contributed by atoms with van der Waals surface area (Å²) in [6.45, 7) is 4.20. The maximum atomic E-state index is 13.5. The normalized spacial score (nSPS) is 23.8. The number of morpholine rings is 1. The predicted molar refractivity (Wildman–Crippen MR) is 116 cm³/mol. The van der Waals surface area contributed by atoms with Crippen LogP contribution in [0.2, 0.25) is 0 Å². The number of anilines is 2. The van der Waals surface area contributed by atoms with E-state index in [0.717, 1.165) is 0 Å². The number of benzene rings is 2. The molecule has 0 aliphatic carbocycles. The van der Waals surface area contributed by atoms with Crippen molar-refractivity contribution in [2.75, 3.05) is 23.7 Å². The van der Waals surface area contributed by atoms with Gasteiger partial charge in [-0.25, -0.2) is 12.8 Å². The van der Waals surface area contributed by atoms with Gasteiger partial charge >= 0.3 is 0 Å². The molecule has 0 saturated carbocycles. The van der Waals surface area contributed by atoms with E-state index in [2.05, 4.69) is 10.6 Å². The number of carbonyl (C=O) groups is 2. The van der Waals surface area contributed by atoms with Crippen LogP contribution >= 0.6 is 0 Å². The first-order valence-electron chi connectivity index (χ1n) is 10.3. The number of sulfonamides is 1. The minimum absolute atomic E-state index is 0.0652. The second kappa shape index (κ2) is 8.61. The van der Waals surface area contributed by atoms with Crippen LogP contribution in [0.4, 0.5) is 15.8 Å². The maximum Gasteiger partial charge on any atom is 0.243 e. The zero-order valence-corrected chi connectivity index (χ0v) is 18.5. The van der Waals surface area contributed by atoms with Gasteiger partial charge in [0, 0.05) is 30.9 Å². The van der Waals surface area contributed by atoms with Crippen LogP contribution in [-0.4, -0.2) is 49.8 Å². The van der Waals surface area contributed by atoms with Crippen molar-refractivity contribution >= 4 is 33.2 Å². The topological polar surface area (TPSA) is 105 Å². The molecule has 2 heterocycles. The fourth-order valence-electron chi connectivity index (χ4n) is 4.09. The van der Waals surface area contributed by atoms with E-state index in [-0.39, 0.29) is 48.2 Å². The van der Waals surface area contributed by atoms with E-state index in [1.54, 1.807) is 0 Å². The Morgan fingerprint density at radius 3 is 2.44 bits per heavy atom. The van der Waals surface area contributed by atoms with Crippen molar-refractivity contribution in [3.8, 4) is 0 Å². The number of nitrogens with one attached hydrogen (secondary N) is 2. The Hall–Kier alpha value is -2.82. The number of halogens is 1.